The summed E-state index contributed by atoms with van der Waals surface area (Å²) >= 11 is 1.80. The van der Waals surface area contributed by atoms with Gasteiger partial charge in [-0.1, -0.05) is 358 Å². The van der Waals surface area contributed by atoms with E-state index in [2.05, 4.69) is 488 Å². The molecule has 0 atom stereocenters. The lowest BCUT2D eigenvalue weighted by atomic mass is 9.78. The number of aromatic amines is 4. The molecule has 6 aromatic carbocycles. The van der Waals surface area contributed by atoms with Crippen molar-refractivity contribution in [3.8, 4) is 77.2 Å². The summed E-state index contributed by atoms with van der Waals surface area (Å²) in [5.74, 6) is 0. The molecule has 0 fully saturated rings. The van der Waals surface area contributed by atoms with Gasteiger partial charge in [0.15, 0.2) is 0 Å². The summed E-state index contributed by atoms with van der Waals surface area (Å²) < 4.78 is 0. The van der Waals surface area contributed by atoms with Crippen LogP contribution in [0.3, 0.4) is 0 Å². The zero-order chi connectivity index (χ0) is 99.2. The SMILES string of the molecule is CC(C)(C)c1cc(-c2c3nc(c(-c4cc(C(C)(C)C)cc(C(C)(C)C)c4)c4ccc([nH]4)c(-c4cc(C(C)(C)C)cc(C(C)(C)C)c4)c4nc(cc5ccc2[nH]5)C(c2ccc(-c5cc6[nH]c5cc5nc(c(-c7cc(C(C)(C)C)cc(C(C)(C)C)c7)c7ccc([nH]7)c(-c7cc(C(C)(C)C)cc(C(C)(C)C)c7)c7nc(c6-c6cc(C(C)(C)C)cc(C(C)(C)C)c6)C=C7)C=C5)s2)=C4)C=C3)cc(C(C)(C)C)c1. The van der Waals surface area contributed by atoms with Crippen molar-refractivity contribution in [1.29, 1.82) is 0 Å². The Morgan fingerprint density at radius 1 is 0.197 bits per heavy atom. The monoisotopic (exact) mass is 1830 g/mol. The zero-order valence-corrected chi connectivity index (χ0v) is 89.8. The van der Waals surface area contributed by atoms with Gasteiger partial charge in [0.2, 0.25) is 0 Å². The van der Waals surface area contributed by atoms with Crippen LogP contribution in [0.25, 0.3) is 169 Å². The zero-order valence-electron chi connectivity index (χ0n) is 89.0. The van der Waals surface area contributed by atoms with Crippen LogP contribution < -0.4 is 0 Å². The minimum absolute atomic E-state index is 0.155. The Balaban J connectivity index is 1.00. The van der Waals surface area contributed by atoms with Crippen molar-refractivity contribution in [2.24, 2.45) is 0 Å². The molecule has 0 unspecified atom stereocenters. The Kier molecular flexibility index (Phi) is 23.7. The number of H-pyrrole nitrogens is 4. The fourth-order valence-electron chi connectivity index (χ4n) is 19.1. The normalized spacial score (nSPS) is 13.9. The van der Waals surface area contributed by atoms with Gasteiger partial charge < -0.3 is 19.9 Å². The van der Waals surface area contributed by atoms with E-state index in [9.17, 15) is 0 Å². The highest BCUT2D eigenvalue weighted by Crippen LogP contribution is 2.51. The molecule has 11 heterocycles. The van der Waals surface area contributed by atoms with Crippen LogP contribution in [-0.2, 0) is 65.0 Å². The molecule has 4 aliphatic heterocycles. The number of nitrogens with zero attached hydrogens (tertiary/aromatic N) is 4. The van der Waals surface area contributed by atoms with Crippen LogP contribution in [0.2, 0.25) is 0 Å². The largest absolute Gasteiger partial charge is 0.355 e. The van der Waals surface area contributed by atoms with Gasteiger partial charge in [-0.3, -0.25) is 0 Å². The lowest BCUT2D eigenvalue weighted by molar-refractivity contribution is 0.568. The van der Waals surface area contributed by atoms with Crippen LogP contribution in [0, 0.1) is 0 Å². The molecule has 8 nitrogen and oxygen atoms in total. The van der Waals surface area contributed by atoms with Gasteiger partial charge in [-0.25, -0.2) is 19.9 Å². The number of rotatable bonds is 8. The maximum absolute atomic E-state index is 6.11. The second kappa shape index (κ2) is 33.5. The number of hydrogen-bond acceptors (Lipinski definition) is 5. The van der Waals surface area contributed by atoms with Gasteiger partial charge in [-0.15, -0.1) is 11.3 Å². The first kappa shape index (κ1) is 96.9. The molecule has 0 amide bonds. The quantitative estimate of drug-likeness (QED) is 0.121. The maximum Gasteiger partial charge on any atom is 0.0745 e. The number of benzene rings is 6. The highest BCUT2D eigenvalue weighted by atomic mass is 32.1. The summed E-state index contributed by atoms with van der Waals surface area (Å²) in [5, 5.41) is 0. The highest BCUT2D eigenvalue weighted by molar-refractivity contribution is 7.16. The minimum Gasteiger partial charge on any atom is -0.355 e. The van der Waals surface area contributed by atoms with E-state index in [0.29, 0.717) is 0 Å². The molecule has 4 aliphatic rings. The number of thiophene rings is 1. The summed E-state index contributed by atoms with van der Waals surface area (Å²) in [4.78, 5) is 42.9. The summed E-state index contributed by atoms with van der Waals surface area (Å²) in [7, 11) is 0. The predicted molar refractivity (Wildman–Crippen MR) is 596 cm³/mol. The van der Waals surface area contributed by atoms with E-state index < -0.39 is 0 Å². The Morgan fingerprint density at radius 2 is 0.438 bits per heavy atom. The van der Waals surface area contributed by atoms with Gasteiger partial charge in [0.05, 0.1) is 45.6 Å². The Morgan fingerprint density at radius 3 is 0.730 bits per heavy atom. The number of nitrogens with one attached hydrogen (secondary N) is 4. The van der Waals surface area contributed by atoms with Crippen LogP contribution in [0.5, 0.6) is 0 Å². The van der Waals surface area contributed by atoms with E-state index in [1.807, 2.05) is 0 Å². The fourth-order valence-corrected chi connectivity index (χ4v) is 20.1. The number of hydrogen-bond donors (Lipinski definition) is 4. The molecule has 0 saturated carbocycles. The molecule has 9 heteroatoms. The molecule has 13 aromatic rings. The molecule has 706 valence electrons. The maximum atomic E-state index is 6.11. The average molecular weight is 1830 g/mol. The van der Waals surface area contributed by atoms with Crippen LogP contribution in [0.15, 0.2) is 176 Å². The number of fused-ring (bicyclic) bond motifs is 16. The topological polar surface area (TPSA) is 115 Å². The first-order valence-electron chi connectivity index (χ1n) is 49.8. The van der Waals surface area contributed by atoms with E-state index in [1.165, 1.54) is 66.8 Å². The molecule has 7 aromatic heterocycles. The van der Waals surface area contributed by atoms with Gasteiger partial charge in [0, 0.05) is 98.4 Å². The third-order valence-electron chi connectivity index (χ3n) is 28.3. The molecule has 17 rings (SSSR count). The minimum atomic E-state index is -0.196. The lowest BCUT2D eigenvalue weighted by Gasteiger charge is -2.26. The molecule has 0 aliphatic carbocycles. The van der Waals surface area contributed by atoms with Gasteiger partial charge in [-0.2, -0.15) is 0 Å². The van der Waals surface area contributed by atoms with Crippen molar-refractivity contribution in [2.75, 3.05) is 0 Å². The molecule has 0 radical (unpaired) electrons. The predicted octanol–water partition coefficient (Wildman–Crippen LogP) is 36.3. The standard InChI is InChI=1S/C128H148N8S/c1-117(2,3)79-51-73(52-80(63-79)118(4,5)6)111-95-39-37-91(129-95)69-105-93(71-107(135-105)115(77-59-87(125(25,26)27)67-88(60-77)126(28,29)30)103-47-45-101(133-103)113(99-43-41-97(111)131-99)75-55-83(121(13,14)15)65-84(56-75)122(16,17)18)109-49-50-110(137-109)94-72-108-116(78-61-89(127(31,32)33)68-90(62-78)128(34,35)36)104-48-46-102(134-104)114(76-57-85(123(19,20)21)66-86(58-76)124(22,23)24)100-44-42-98(132-100)112(96-40-38-92(130-96)70-106(94)136-108)74-53-81(119(7,8)9)64-82(54-74)120(10,11)12/h37-72,129,132-133,136H,1-36H3. The van der Waals surface area contributed by atoms with Gasteiger partial charge in [0.25, 0.3) is 0 Å². The lowest BCUT2D eigenvalue weighted by Crippen LogP contribution is -2.16. The van der Waals surface area contributed by atoms with Crippen molar-refractivity contribution in [3.05, 3.63) is 293 Å². The van der Waals surface area contributed by atoms with Crippen LogP contribution in [0.1, 0.15) is 366 Å². The third-order valence-corrected chi connectivity index (χ3v) is 29.4. The summed E-state index contributed by atoms with van der Waals surface area (Å²) in [6, 6.07) is 69.0. The van der Waals surface area contributed by atoms with E-state index in [-0.39, 0.29) is 65.0 Å². The average Bonchev–Trinajstić information content (AvgIpc) is 1.58. The van der Waals surface area contributed by atoms with Gasteiger partial charge in [0.1, 0.15) is 0 Å². The molecule has 0 saturated heterocycles. The molecule has 137 heavy (non-hydrogen) atoms. The van der Waals surface area contributed by atoms with Gasteiger partial charge in [-0.05, 0) is 274 Å². The van der Waals surface area contributed by atoms with E-state index >= 15 is 0 Å². The third kappa shape index (κ3) is 19.7. The highest BCUT2D eigenvalue weighted by Gasteiger charge is 2.34. The van der Waals surface area contributed by atoms with E-state index in [1.54, 1.807) is 11.3 Å². The summed E-state index contributed by atoms with van der Waals surface area (Å²) in [6.07, 6.45) is 15.9. The molecule has 4 N–H and O–H groups in total. The van der Waals surface area contributed by atoms with Crippen molar-refractivity contribution in [2.45, 2.75) is 314 Å². The first-order chi connectivity index (χ1) is 63.3. The van der Waals surface area contributed by atoms with E-state index in [0.717, 1.165) is 177 Å². The second-order valence-electron chi connectivity index (χ2n) is 52.0. The van der Waals surface area contributed by atoms with Crippen molar-refractivity contribution < 1.29 is 0 Å². The van der Waals surface area contributed by atoms with Crippen molar-refractivity contribution >= 4 is 104 Å². The van der Waals surface area contributed by atoms with Crippen LogP contribution in [-0.4, -0.2) is 39.9 Å². The first-order valence-corrected chi connectivity index (χ1v) is 50.6. The smallest absolute Gasteiger partial charge is 0.0745 e. The van der Waals surface area contributed by atoms with Crippen molar-refractivity contribution in [3.63, 3.8) is 0 Å². The van der Waals surface area contributed by atoms with Crippen LogP contribution >= 0.6 is 11.3 Å². The fraction of sp³-hybridized carbons (Fsp3) is 0.375. The molecular formula is C128H148N8S. The second-order valence-corrected chi connectivity index (χ2v) is 53.1. The van der Waals surface area contributed by atoms with Crippen LogP contribution in [0.4, 0.5) is 0 Å². The number of aromatic nitrogens is 8. The van der Waals surface area contributed by atoms with Crippen molar-refractivity contribution in [1.82, 2.24) is 39.9 Å². The van der Waals surface area contributed by atoms with E-state index in [4.69, 9.17) is 19.9 Å². The summed E-state index contributed by atoms with van der Waals surface area (Å²) in [6.45, 7) is 84.0. The summed E-state index contributed by atoms with van der Waals surface area (Å²) in [5.41, 5.74) is 42.5. The Hall–Kier alpha value is -11.8. The Bertz CT molecular complexity index is 7390. The van der Waals surface area contributed by atoms with Gasteiger partial charge >= 0.3 is 0 Å². The Labute approximate surface area is 822 Å². The molecular weight excluding hydrogens is 1680 g/mol. The molecule has 16 bridgehead atoms. The molecule has 0 spiro atoms.